The SMILES string of the molecule is CCCCCCCCCCCOC(C)c1ccc(-c2ccccc2-c2ccc(OCCCCCCC)cc2)cc1. The summed E-state index contributed by atoms with van der Waals surface area (Å²) in [6, 6.07) is 26.2. The fourth-order valence-corrected chi connectivity index (χ4v) is 5.32. The average Bonchev–Trinajstić information content (AvgIpc) is 3.00. The average molecular weight is 543 g/mol. The predicted molar refractivity (Wildman–Crippen MR) is 173 cm³/mol. The van der Waals surface area contributed by atoms with Crippen molar-refractivity contribution in [3.05, 3.63) is 78.4 Å². The number of hydrogen-bond acceptors (Lipinski definition) is 2. The molecule has 218 valence electrons. The number of ether oxygens (including phenoxy) is 2. The summed E-state index contributed by atoms with van der Waals surface area (Å²) in [5, 5.41) is 0. The highest BCUT2D eigenvalue weighted by atomic mass is 16.5. The molecule has 0 fully saturated rings. The van der Waals surface area contributed by atoms with E-state index >= 15 is 0 Å². The molecule has 0 N–H and O–H groups in total. The Hall–Kier alpha value is -2.58. The van der Waals surface area contributed by atoms with Crippen LogP contribution >= 0.6 is 0 Å². The quantitative estimate of drug-likeness (QED) is 0.125. The summed E-state index contributed by atoms with van der Waals surface area (Å²) in [4.78, 5) is 0. The van der Waals surface area contributed by atoms with Crippen LogP contribution in [0, 0.1) is 0 Å². The first kappa shape index (κ1) is 31.9. The molecule has 2 heteroatoms. The lowest BCUT2D eigenvalue weighted by molar-refractivity contribution is 0.0627. The minimum absolute atomic E-state index is 0.123. The second kappa shape index (κ2) is 19.5. The van der Waals surface area contributed by atoms with Crippen LogP contribution in [0.25, 0.3) is 22.3 Å². The van der Waals surface area contributed by atoms with Gasteiger partial charge in [-0.05, 0) is 59.7 Å². The Balaban J connectivity index is 1.46. The van der Waals surface area contributed by atoms with E-state index in [0.717, 1.165) is 31.8 Å². The van der Waals surface area contributed by atoms with Crippen molar-refractivity contribution in [1.82, 2.24) is 0 Å². The van der Waals surface area contributed by atoms with Gasteiger partial charge in [0, 0.05) is 6.61 Å². The Morgan fingerprint density at radius 2 is 0.950 bits per heavy atom. The topological polar surface area (TPSA) is 18.5 Å². The van der Waals surface area contributed by atoms with Crippen molar-refractivity contribution >= 4 is 0 Å². The van der Waals surface area contributed by atoms with Gasteiger partial charge in [-0.1, -0.05) is 152 Å². The van der Waals surface area contributed by atoms with E-state index in [0.29, 0.717) is 0 Å². The number of unbranched alkanes of at least 4 members (excludes halogenated alkanes) is 12. The first-order valence-electron chi connectivity index (χ1n) is 16.3. The van der Waals surface area contributed by atoms with Crippen molar-refractivity contribution in [3.8, 4) is 28.0 Å². The number of benzene rings is 3. The van der Waals surface area contributed by atoms with Gasteiger partial charge in [-0.25, -0.2) is 0 Å². The molecule has 0 spiro atoms. The zero-order chi connectivity index (χ0) is 28.3. The van der Waals surface area contributed by atoms with Gasteiger partial charge in [0.2, 0.25) is 0 Å². The third kappa shape index (κ3) is 11.5. The molecule has 0 radical (unpaired) electrons. The van der Waals surface area contributed by atoms with Crippen LogP contribution in [0.4, 0.5) is 0 Å². The minimum atomic E-state index is 0.123. The standard InChI is InChI=1S/C38H54O2/c1-4-6-8-10-11-12-13-15-18-30-39-32(3)33-22-24-34(25-23-33)37-20-16-17-21-38(37)35-26-28-36(29-27-35)40-31-19-14-9-7-5-2/h16-17,20-29,32H,4-15,18-19,30-31H2,1-3H3. The monoisotopic (exact) mass is 542 g/mol. The van der Waals surface area contributed by atoms with Gasteiger partial charge in [-0.15, -0.1) is 0 Å². The zero-order valence-electron chi connectivity index (χ0n) is 25.6. The Kier molecular flexibility index (Phi) is 15.6. The molecule has 3 rings (SSSR count). The lowest BCUT2D eigenvalue weighted by Crippen LogP contribution is -2.02. The van der Waals surface area contributed by atoms with Gasteiger partial charge < -0.3 is 9.47 Å². The summed E-state index contributed by atoms with van der Waals surface area (Å²) in [5.74, 6) is 0.956. The molecule has 0 saturated carbocycles. The van der Waals surface area contributed by atoms with Crippen molar-refractivity contribution in [2.45, 2.75) is 117 Å². The fraction of sp³-hybridized carbons (Fsp3) is 0.526. The van der Waals surface area contributed by atoms with E-state index in [9.17, 15) is 0 Å². The van der Waals surface area contributed by atoms with E-state index in [1.165, 1.54) is 105 Å². The molecule has 3 aromatic carbocycles. The highest BCUT2D eigenvalue weighted by Gasteiger charge is 2.10. The van der Waals surface area contributed by atoms with E-state index in [1.807, 2.05) is 0 Å². The fourth-order valence-electron chi connectivity index (χ4n) is 5.32. The van der Waals surface area contributed by atoms with Gasteiger partial charge >= 0.3 is 0 Å². The second-order valence-corrected chi connectivity index (χ2v) is 11.3. The van der Waals surface area contributed by atoms with Crippen molar-refractivity contribution in [2.75, 3.05) is 13.2 Å². The van der Waals surface area contributed by atoms with Gasteiger partial charge in [0.1, 0.15) is 5.75 Å². The van der Waals surface area contributed by atoms with Gasteiger partial charge in [-0.3, -0.25) is 0 Å². The van der Waals surface area contributed by atoms with Crippen molar-refractivity contribution in [3.63, 3.8) is 0 Å². The minimum Gasteiger partial charge on any atom is -0.494 e. The molecule has 0 bridgehead atoms. The maximum absolute atomic E-state index is 6.18. The Bertz CT molecular complexity index is 1040. The molecule has 1 atom stereocenters. The van der Waals surface area contributed by atoms with Crippen LogP contribution in [0.2, 0.25) is 0 Å². The molecule has 3 aromatic rings. The van der Waals surface area contributed by atoms with Crippen molar-refractivity contribution in [2.24, 2.45) is 0 Å². The van der Waals surface area contributed by atoms with Gasteiger partial charge in [0.25, 0.3) is 0 Å². The summed E-state index contributed by atoms with van der Waals surface area (Å²) in [6.07, 6.45) is 18.5. The van der Waals surface area contributed by atoms with Crippen LogP contribution in [0.1, 0.15) is 122 Å². The first-order valence-corrected chi connectivity index (χ1v) is 16.3. The summed E-state index contributed by atoms with van der Waals surface area (Å²) >= 11 is 0. The summed E-state index contributed by atoms with van der Waals surface area (Å²) in [5.41, 5.74) is 6.19. The molecule has 0 aliphatic carbocycles. The molecular weight excluding hydrogens is 488 g/mol. The maximum Gasteiger partial charge on any atom is 0.119 e. The lowest BCUT2D eigenvalue weighted by Gasteiger charge is -2.15. The van der Waals surface area contributed by atoms with E-state index in [-0.39, 0.29) is 6.10 Å². The number of rotatable bonds is 21. The van der Waals surface area contributed by atoms with Crippen LogP contribution in [-0.4, -0.2) is 13.2 Å². The Morgan fingerprint density at radius 1 is 0.500 bits per heavy atom. The normalized spacial score (nSPS) is 12.0. The van der Waals surface area contributed by atoms with Crippen LogP contribution < -0.4 is 4.74 Å². The van der Waals surface area contributed by atoms with Crippen LogP contribution in [0.5, 0.6) is 5.75 Å². The Labute approximate surface area is 245 Å². The third-order valence-corrected chi connectivity index (χ3v) is 7.92. The van der Waals surface area contributed by atoms with Crippen LogP contribution in [-0.2, 0) is 4.74 Å². The molecule has 0 saturated heterocycles. The van der Waals surface area contributed by atoms with Crippen LogP contribution in [0.3, 0.4) is 0 Å². The van der Waals surface area contributed by atoms with E-state index in [4.69, 9.17) is 9.47 Å². The molecular formula is C38H54O2. The van der Waals surface area contributed by atoms with E-state index in [2.05, 4.69) is 93.6 Å². The third-order valence-electron chi connectivity index (χ3n) is 7.92. The van der Waals surface area contributed by atoms with Crippen LogP contribution in [0.15, 0.2) is 72.8 Å². The first-order chi connectivity index (χ1) is 19.7. The molecule has 2 nitrogen and oxygen atoms in total. The van der Waals surface area contributed by atoms with Gasteiger partial charge in [0.15, 0.2) is 0 Å². The zero-order valence-corrected chi connectivity index (χ0v) is 25.6. The Morgan fingerprint density at radius 3 is 1.48 bits per heavy atom. The van der Waals surface area contributed by atoms with E-state index < -0.39 is 0 Å². The van der Waals surface area contributed by atoms with Crippen molar-refractivity contribution in [1.29, 1.82) is 0 Å². The number of hydrogen-bond donors (Lipinski definition) is 0. The molecule has 0 aliphatic heterocycles. The largest absolute Gasteiger partial charge is 0.494 e. The predicted octanol–water partition coefficient (Wildman–Crippen LogP) is 12.0. The summed E-state index contributed by atoms with van der Waals surface area (Å²) < 4.78 is 12.2. The summed E-state index contributed by atoms with van der Waals surface area (Å²) in [7, 11) is 0. The smallest absolute Gasteiger partial charge is 0.119 e. The van der Waals surface area contributed by atoms with Crippen molar-refractivity contribution < 1.29 is 9.47 Å². The molecule has 0 aliphatic rings. The highest BCUT2D eigenvalue weighted by Crippen LogP contribution is 2.33. The highest BCUT2D eigenvalue weighted by molar-refractivity contribution is 5.83. The van der Waals surface area contributed by atoms with Gasteiger partial charge in [-0.2, -0.15) is 0 Å². The van der Waals surface area contributed by atoms with E-state index in [1.54, 1.807) is 0 Å². The second-order valence-electron chi connectivity index (χ2n) is 11.3. The molecule has 40 heavy (non-hydrogen) atoms. The molecule has 0 amide bonds. The summed E-state index contributed by atoms with van der Waals surface area (Å²) in [6.45, 7) is 8.35. The van der Waals surface area contributed by atoms with Gasteiger partial charge in [0.05, 0.1) is 12.7 Å². The maximum atomic E-state index is 6.18. The molecule has 0 heterocycles. The molecule has 1 unspecified atom stereocenters. The molecule has 0 aromatic heterocycles. The lowest BCUT2D eigenvalue weighted by atomic mass is 9.94.